The SMILES string of the molecule is O=c1ccn(CC(CF)CSCO[P+](=O)OCSCC(CF)Cn2ccc(=O)[nH]c2=O)c(=O)[nH]1. The fourth-order valence-electron chi connectivity index (χ4n) is 2.65. The molecule has 0 spiro atoms. The van der Waals surface area contributed by atoms with Gasteiger partial charge in [0.05, 0.1) is 13.3 Å². The molecule has 0 fully saturated rings. The summed E-state index contributed by atoms with van der Waals surface area (Å²) in [4.78, 5) is 49.7. The van der Waals surface area contributed by atoms with E-state index in [0.717, 1.165) is 0 Å². The minimum absolute atomic E-state index is 0.0286. The molecule has 34 heavy (non-hydrogen) atoms. The molecule has 2 heterocycles. The van der Waals surface area contributed by atoms with Gasteiger partial charge in [0.25, 0.3) is 11.1 Å². The van der Waals surface area contributed by atoms with Crippen LogP contribution in [0.15, 0.2) is 43.7 Å². The van der Waals surface area contributed by atoms with Crippen molar-refractivity contribution in [1.82, 2.24) is 19.1 Å². The largest absolute Gasteiger partial charge is 0.699 e. The molecule has 0 saturated heterocycles. The molecule has 2 N–H and O–H groups in total. The Morgan fingerprint density at radius 2 is 1.24 bits per heavy atom. The number of thioether (sulfide) groups is 2. The lowest BCUT2D eigenvalue weighted by molar-refractivity contribution is 0.283. The summed E-state index contributed by atoms with van der Waals surface area (Å²) in [7, 11) is -2.43. The average Bonchev–Trinajstić information content (AvgIpc) is 2.80. The van der Waals surface area contributed by atoms with Gasteiger partial charge >= 0.3 is 19.6 Å². The van der Waals surface area contributed by atoms with Crippen LogP contribution in [0.25, 0.3) is 0 Å². The number of hydrogen-bond donors (Lipinski definition) is 2. The monoisotopic (exact) mass is 541 g/mol. The predicted octanol–water partition coefficient (Wildman–Crippen LogP) is 1.33. The Labute approximate surface area is 201 Å². The highest BCUT2D eigenvalue weighted by Gasteiger charge is 2.21. The molecule has 2 aromatic rings. The molecule has 2 aromatic heterocycles. The molecule has 0 aliphatic rings. The average molecular weight is 542 g/mol. The zero-order chi connectivity index (χ0) is 24.9. The standard InChI is InChI=1S/C18H23F2N4O7PS2/c19-5-13(7-23-3-1-15(25)21-17(23)27)9-33-11-30-32(29)31-12-34-10-14(6-20)8-24-4-2-16(26)22-18(24)28/h1-4,13-14H,5-12H2,(H-,21,22,25,26,27,28)/p+1. The van der Waals surface area contributed by atoms with Gasteiger partial charge in [-0.1, -0.05) is 0 Å². The molecular weight excluding hydrogens is 517 g/mol. The van der Waals surface area contributed by atoms with E-state index >= 15 is 0 Å². The Bertz CT molecular complexity index is 1070. The molecule has 11 nitrogen and oxygen atoms in total. The van der Waals surface area contributed by atoms with E-state index in [4.69, 9.17) is 9.05 Å². The van der Waals surface area contributed by atoms with Crippen LogP contribution in [0.3, 0.4) is 0 Å². The molecule has 16 heteroatoms. The Kier molecular flexibility index (Phi) is 12.5. The minimum Gasteiger partial charge on any atom is -0.300 e. The second kappa shape index (κ2) is 15.0. The maximum Gasteiger partial charge on any atom is 0.699 e. The van der Waals surface area contributed by atoms with Crippen molar-refractivity contribution in [2.45, 2.75) is 13.1 Å². The van der Waals surface area contributed by atoms with Crippen LogP contribution in [0.1, 0.15) is 0 Å². The van der Waals surface area contributed by atoms with Gasteiger partial charge in [-0.25, -0.2) is 9.59 Å². The zero-order valence-corrected chi connectivity index (χ0v) is 20.4. The third kappa shape index (κ3) is 10.1. The Morgan fingerprint density at radius 1 is 0.824 bits per heavy atom. The van der Waals surface area contributed by atoms with Crippen molar-refractivity contribution >= 4 is 31.8 Å². The number of hydrogen-bond acceptors (Lipinski definition) is 9. The molecule has 0 aliphatic heterocycles. The minimum atomic E-state index is -2.43. The number of rotatable bonds is 16. The summed E-state index contributed by atoms with van der Waals surface area (Å²) in [6.45, 7) is -1.25. The van der Waals surface area contributed by atoms with Crippen molar-refractivity contribution in [2.75, 3.05) is 36.7 Å². The number of halogens is 2. The summed E-state index contributed by atoms with van der Waals surface area (Å²) < 4.78 is 50.7. The van der Waals surface area contributed by atoms with Gasteiger partial charge in [0, 0.05) is 65.5 Å². The fourth-order valence-corrected chi connectivity index (χ4v) is 5.26. The lowest BCUT2D eigenvalue weighted by Gasteiger charge is -2.13. The molecule has 188 valence electrons. The van der Waals surface area contributed by atoms with E-state index in [2.05, 4.69) is 9.97 Å². The van der Waals surface area contributed by atoms with Gasteiger partial charge in [0.15, 0.2) is 11.9 Å². The van der Waals surface area contributed by atoms with Crippen LogP contribution in [0.5, 0.6) is 0 Å². The Morgan fingerprint density at radius 3 is 1.59 bits per heavy atom. The van der Waals surface area contributed by atoms with Crippen LogP contribution in [0.4, 0.5) is 8.78 Å². The van der Waals surface area contributed by atoms with Gasteiger partial charge in [0.2, 0.25) is 0 Å². The lowest BCUT2D eigenvalue weighted by atomic mass is 10.2. The van der Waals surface area contributed by atoms with Crippen LogP contribution < -0.4 is 22.5 Å². The topological polar surface area (TPSA) is 145 Å². The van der Waals surface area contributed by atoms with Gasteiger partial charge in [-0.15, -0.1) is 32.6 Å². The first-order valence-electron chi connectivity index (χ1n) is 9.92. The van der Waals surface area contributed by atoms with E-state index in [0.29, 0.717) is 0 Å². The molecule has 0 aromatic carbocycles. The van der Waals surface area contributed by atoms with Gasteiger partial charge in [0.1, 0.15) is 0 Å². The quantitative estimate of drug-likeness (QED) is 0.183. The molecule has 2 rings (SSSR count). The third-order valence-corrected chi connectivity index (χ3v) is 7.34. The van der Waals surface area contributed by atoms with Crippen molar-refractivity contribution in [3.63, 3.8) is 0 Å². The fraction of sp³-hybridized carbons (Fsp3) is 0.556. The highest BCUT2D eigenvalue weighted by atomic mass is 32.2. The number of alkyl halides is 2. The molecule has 0 amide bonds. The number of aromatic amines is 2. The van der Waals surface area contributed by atoms with Crippen molar-refractivity contribution in [3.8, 4) is 0 Å². The van der Waals surface area contributed by atoms with Gasteiger partial charge < -0.3 is 9.13 Å². The van der Waals surface area contributed by atoms with Gasteiger partial charge in [-0.3, -0.25) is 28.3 Å². The molecule has 2 unspecified atom stereocenters. The first-order chi connectivity index (χ1) is 16.3. The smallest absolute Gasteiger partial charge is 0.300 e. The molecular formula is C18H24F2N4O7PS2+. The Hall–Kier alpha value is -2.06. The van der Waals surface area contributed by atoms with Crippen molar-refractivity contribution in [2.24, 2.45) is 11.8 Å². The number of H-pyrrole nitrogens is 2. The molecule has 0 aliphatic carbocycles. The first-order valence-corrected chi connectivity index (χ1v) is 13.3. The second-order valence-corrected chi connectivity index (χ2v) is 9.94. The molecule has 2 atom stereocenters. The Balaban J connectivity index is 1.62. The van der Waals surface area contributed by atoms with E-state index in [1.54, 1.807) is 0 Å². The lowest BCUT2D eigenvalue weighted by Crippen LogP contribution is -2.31. The third-order valence-electron chi connectivity index (χ3n) is 4.33. The van der Waals surface area contributed by atoms with E-state index in [1.165, 1.54) is 57.2 Å². The van der Waals surface area contributed by atoms with E-state index in [1.807, 2.05) is 0 Å². The maximum atomic E-state index is 13.2. The van der Waals surface area contributed by atoms with Crippen molar-refractivity contribution < 1.29 is 22.4 Å². The summed E-state index contributed by atoms with van der Waals surface area (Å²) in [6, 6.07) is 2.35. The predicted molar refractivity (Wildman–Crippen MR) is 126 cm³/mol. The maximum absolute atomic E-state index is 13.2. The van der Waals surface area contributed by atoms with Crippen LogP contribution in [-0.4, -0.2) is 55.8 Å². The van der Waals surface area contributed by atoms with Crippen LogP contribution in [0, 0.1) is 11.8 Å². The van der Waals surface area contributed by atoms with E-state index < -0.39 is 55.9 Å². The summed E-state index contributed by atoms with van der Waals surface area (Å²) in [5, 5.41) is 0. The zero-order valence-electron chi connectivity index (χ0n) is 17.9. The normalized spacial score (nSPS) is 13.5. The highest BCUT2D eigenvalue weighted by molar-refractivity contribution is 7.99. The van der Waals surface area contributed by atoms with Crippen molar-refractivity contribution in [1.29, 1.82) is 0 Å². The van der Waals surface area contributed by atoms with Crippen LogP contribution in [0.2, 0.25) is 0 Å². The van der Waals surface area contributed by atoms with Crippen LogP contribution >= 0.6 is 31.8 Å². The molecule has 0 bridgehead atoms. The summed E-state index contributed by atoms with van der Waals surface area (Å²) in [6.07, 6.45) is 2.58. The van der Waals surface area contributed by atoms with Crippen LogP contribution in [-0.2, 0) is 26.7 Å². The number of nitrogens with one attached hydrogen (secondary N) is 2. The number of nitrogens with zero attached hydrogens (tertiary/aromatic N) is 2. The summed E-state index contributed by atoms with van der Waals surface area (Å²) >= 11 is 2.33. The second-order valence-electron chi connectivity index (χ2n) is 7.02. The van der Waals surface area contributed by atoms with Crippen molar-refractivity contribution in [3.05, 3.63) is 66.2 Å². The van der Waals surface area contributed by atoms with E-state index in [9.17, 15) is 32.5 Å². The van der Waals surface area contributed by atoms with Gasteiger partial charge in [-0.2, -0.15) is 0 Å². The molecule has 0 radical (unpaired) electrons. The highest BCUT2D eigenvalue weighted by Crippen LogP contribution is 2.28. The van der Waals surface area contributed by atoms with E-state index in [-0.39, 0.29) is 36.5 Å². The summed E-state index contributed by atoms with van der Waals surface area (Å²) in [5.74, 6) is -0.527. The summed E-state index contributed by atoms with van der Waals surface area (Å²) in [5.41, 5.74) is -2.32. The van der Waals surface area contributed by atoms with Gasteiger partial charge in [-0.05, 0) is 0 Å². The molecule has 0 saturated carbocycles. The number of aromatic nitrogens is 4. The first kappa shape index (κ1) is 28.2.